The summed E-state index contributed by atoms with van der Waals surface area (Å²) in [5.41, 5.74) is 6.99. The summed E-state index contributed by atoms with van der Waals surface area (Å²) < 4.78 is 19.4. The lowest BCUT2D eigenvalue weighted by atomic mass is 9.96. The van der Waals surface area contributed by atoms with E-state index in [1.807, 2.05) is 18.2 Å². The average molecular weight is 259 g/mol. The maximum atomic E-state index is 14.2. The summed E-state index contributed by atoms with van der Waals surface area (Å²) in [4.78, 5) is 11.3. The fourth-order valence-electron chi connectivity index (χ4n) is 2.16. The van der Waals surface area contributed by atoms with Gasteiger partial charge in [0.1, 0.15) is 11.6 Å². The first-order chi connectivity index (χ1) is 9.06. The van der Waals surface area contributed by atoms with Gasteiger partial charge in [-0.25, -0.2) is 4.39 Å². The first-order valence-electron chi connectivity index (χ1n) is 5.78. The van der Waals surface area contributed by atoms with Crippen molar-refractivity contribution in [2.45, 2.75) is 6.92 Å². The summed E-state index contributed by atoms with van der Waals surface area (Å²) in [6.45, 7) is 1.71. The minimum absolute atomic E-state index is 0.0529. The fourth-order valence-corrected chi connectivity index (χ4v) is 2.16. The molecule has 4 heteroatoms. The molecule has 2 aromatic rings. The van der Waals surface area contributed by atoms with Gasteiger partial charge in [-0.1, -0.05) is 30.3 Å². The molecule has 0 aliphatic rings. The summed E-state index contributed by atoms with van der Waals surface area (Å²) in [5, 5.41) is 0. The summed E-state index contributed by atoms with van der Waals surface area (Å²) in [6, 6.07) is 10.2. The third kappa shape index (κ3) is 2.29. The second-order valence-corrected chi connectivity index (χ2v) is 4.17. The van der Waals surface area contributed by atoms with Crippen LogP contribution in [0.25, 0.3) is 11.1 Å². The molecule has 0 bridgehead atoms. The first kappa shape index (κ1) is 13.1. The number of rotatable bonds is 3. The predicted octanol–water partition coefficient (Wildman–Crippen LogP) is 2.91. The Hall–Kier alpha value is -2.36. The zero-order valence-electron chi connectivity index (χ0n) is 10.7. The van der Waals surface area contributed by atoms with Gasteiger partial charge in [-0.3, -0.25) is 4.79 Å². The van der Waals surface area contributed by atoms with E-state index in [1.165, 1.54) is 7.11 Å². The molecule has 0 heterocycles. The Labute approximate surface area is 110 Å². The molecule has 0 saturated heterocycles. The van der Waals surface area contributed by atoms with Crippen LogP contribution in [0, 0.1) is 12.7 Å². The van der Waals surface area contributed by atoms with Crippen LogP contribution in [0.3, 0.4) is 0 Å². The van der Waals surface area contributed by atoms with Crippen molar-refractivity contribution < 1.29 is 13.9 Å². The number of halogens is 1. The van der Waals surface area contributed by atoms with Gasteiger partial charge in [0.2, 0.25) is 0 Å². The number of benzene rings is 2. The quantitative estimate of drug-likeness (QED) is 0.921. The van der Waals surface area contributed by atoms with Crippen LogP contribution in [-0.4, -0.2) is 13.0 Å². The largest absolute Gasteiger partial charge is 0.496 e. The maximum Gasteiger partial charge on any atom is 0.252 e. The van der Waals surface area contributed by atoms with Crippen LogP contribution in [0.5, 0.6) is 5.75 Å². The van der Waals surface area contributed by atoms with Gasteiger partial charge in [0.05, 0.1) is 12.7 Å². The van der Waals surface area contributed by atoms with Crippen molar-refractivity contribution >= 4 is 5.91 Å². The monoisotopic (exact) mass is 259 g/mol. The number of carbonyl (C=O) groups excluding carboxylic acids is 1. The highest BCUT2D eigenvalue weighted by Gasteiger charge is 2.19. The third-order valence-electron chi connectivity index (χ3n) is 3.00. The number of nitrogens with two attached hydrogens (primary N) is 1. The third-order valence-corrected chi connectivity index (χ3v) is 3.00. The Balaban J connectivity index is 2.74. The van der Waals surface area contributed by atoms with E-state index in [0.29, 0.717) is 16.9 Å². The molecule has 1 amide bonds. The van der Waals surface area contributed by atoms with E-state index in [4.69, 9.17) is 10.5 Å². The van der Waals surface area contributed by atoms with E-state index in [0.717, 1.165) is 11.6 Å². The fraction of sp³-hybridized carbons (Fsp3) is 0.133. The van der Waals surface area contributed by atoms with Crippen LogP contribution >= 0.6 is 0 Å². The molecule has 19 heavy (non-hydrogen) atoms. The van der Waals surface area contributed by atoms with Crippen molar-refractivity contribution in [2.24, 2.45) is 5.73 Å². The number of amides is 1. The van der Waals surface area contributed by atoms with Gasteiger partial charge in [-0.15, -0.1) is 0 Å². The molecule has 2 N–H and O–H groups in total. The van der Waals surface area contributed by atoms with Crippen LogP contribution in [0.15, 0.2) is 36.4 Å². The van der Waals surface area contributed by atoms with Crippen LogP contribution < -0.4 is 10.5 Å². The molecule has 2 rings (SSSR count). The lowest BCUT2D eigenvalue weighted by Crippen LogP contribution is -2.14. The maximum absolute atomic E-state index is 14.2. The molecule has 0 radical (unpaired) electrons. The molecular weight excluding hydrogens is 245 g/mol. The zero-order valence-corrected chi connectivity index (χ0v) is 10.7. The van der Waals surface area contributed by atoms with Gasteiger partial charge in [-0.2, -0.15) is 0 Å². The summed E-state index contributed by atoms with van der Waals surface area (Å²) >= 11 is 0. The molecule has 0 aliphatic carbocycles. The van der Waals surface area contributed by atoms with Crippen molar-refractivity contribution in [1.29, 1.82) is 0 Å². The van der Waals surface area contributed by atoms with Gasteiger partial charge in [-0.05, 0) is 18.6 Å². The van der Waals surface area contributed by atoms with Gasteiger partial charge < -0.3 is 10.5 Å². The number of primary amides is 1. The van der Waals surface area contributed by atoms with Crippen molar-refractivity contribution in [2.75, 3.05) is 7.11 Å². The number of methoxy groups -OCH3 is 1. The van der Waals surface area contributed by atoms with Gasteiger partial charge >= 0.3 is 0 Å². The standard InChI is InChI=1S/C15H14FNO2/c1-9-13(10-6-4-3-5-7-10)12(16)8-11(15(17)18)14(9)19-2/h3-8H,1-2H3,(H2,17,18). The highest BCUT2D eigenvalue weighted by Crippen LogP contribution is 2.35. The molecule has 0 unspecified atom stereocenters. The predicted molar refractivity (Wildman–Crippen MR) is 71.6 cm³/mol. The number of ether oxygens (including phenoxy) is 1. The molecule has 2 aromatic carbocycles. The summed E-state index contributed by atoms with van der Waals surface area (Å²) in [5.74, 6) is -0.885. The normalized spacial score (nSPS) is 10.3. The van der Waals surface area contributed by atoms with E-state index < -0.39 is 11.7 Å². The molecule has 0 atom stereocenters. The van der Waals surface area contributed by atoms with E-state index >= 15 is 0 Å². The van der Waals surface area contributed by atoms with E-state index in [-0.39, 0.29) is 5.56 Å². The van der Waals surface area contributed by atoms with Crippen LogP contribution in [-0.2, 0) is 0 Å². The van der Waals surface area contributed by atoms with Crippen LogP contribution in [0.4, 0.5) is 4.39 Å². The molecule has 98 valence electrons. The lowest BCUT2D eigenvalue weighted by Gasteiger charge is -2.15. The van der Waals surface area contributed by atoms with Crippen LogP contribution in [0.2, 0.25) is 0 Å². The smallest absolute Gasteiger partial charge is 0.252 e. The lowest BCUT2D eigenvalue weighted by molar-refractivity contribution is 0.0997. The minimum atomic E-state index is -0.710. The Kier molecular flexibility index (Phi) is 3.51. The number of carbonyl (C=O) groups is 1. The Morgan fingerprint density at radius 2 is 1.89 bits per heavy atom. The van der Waals surface area contributed by atoms with Crippen molar-refractivity contribution in [1.82, 2.24) is 0 Å². The first-order valence-corrected chi connectivity index (χ1v) is 5.78. The van der Waals surface area contributed by atoms with Gasteiger partial charge in [0.25, 0.3) is 5.91 Å². The highest BCUT2D eigenvalue weighted by atomic mass is 19.1. The molecule has 3 nitrogen and oxygen atoms in total. The molecule has 0 spiro atoms. The summed E-state index contributed by atoms with van der Waals surface area (Å²) in [7, 11) is 1.43. The van der Waals surface area contributed by atoms with E-state index in [2.05, 4.69) is 0 Å². The Morgan fingerprint density at radius 1 is 1.26 bits per heavy atom. The summed E-state index contributed by atoms with van der Waals surface area (Å²) in [6.07, 6.45) is 0. The van der Waals surface area contributed by atoms with E-state index in [9.17, 15) is 9.18 Å². The highest BCUT2D eigenvalue weighted by molar-refractivity contribution is 5.97. The Bertz CT molecular complexity index is 624. The average Bonchev–Trinajstić information content (AvgIpc) is 2.39. The van der Waals surface area contributed by atoms with Gasteiger partial charge in [0, 0.05) is 11.1 Å². The van der Waals surface area contributed by atoms with Crippen molar-refractivity contribution in [3.05, 3.63) is 53.3 Å². The second kappa shape index (κ2) is 5.10. The Morgan fingerprint density at radius 3 is 2.42 bits per heavy atom. The van der Waals surface area contributed by atoms with Gasteiger partial charge in [0.15, 0.2) is 0 Å². The van der Waals surface area contributed by atoms with Crippen molar-refractivity contribution in [3.8, 4) is 16.9 Å². The zero-order chi connectivity index (χ0) is 14.0. The number of hydrogen-bond donors (Lipinski definition) is 1. The molecular formula is C15H14FNO2. The topological polar surface area (TPSA) is 52.3 Å². The molecule has 0 saturated carbocycles. The minimum Gasteiger partial charge on any atom is -0.496 e. The van der Waals surface area contributed by atoms with E-state index in [1.54, 1.807) is 19.1 Å². The number of hydrogen-bond acceptors (Lipinski definition) is 2. The van der Waals surface area contributed by atoms with Crippen LogP contribution in [0.1, 0.15) is 15.9 Å². The molecule has 0 aromatic heterocycles. The molecule has 0 aliphatic heterocycles. The van der Waals surface area contributed by atoms with Crippen molar-refractivity contribution in [3.63, 3.8) is 0 Å². The SMILES string of the molecule is COc1c(C(N)=O)cc(F)c(-c2ccccc2)c1C. The molecule has 0 fully saturated rings. The second-order valence-electron chi connectivity index (χ2n) is 4.17.